The lowest BCUT2D eigenvalue weighted by Gasteiger charge is -2.23. The fraction of sp³-hybridized carbons (Fsp3) is 0.650. The largest absolute Gasteiger partial charge is 0.489 e. The first-order chi connectivity index (χ1) is 12.5. The van der Waals surface area contributed by atoms with Crippen LogP contribution in [-0.2, 0) is 0 Å². The molecule has 0 radical (unpaired) electrons. The van der Waals surface area contributed by atoms with Gasteiger partial charge in [0.05, 0.1) is 6.54 Å². The molecular formula is C20H35FIN3O2. The first kappa shape index (κ1) is 25.9. The minimum atomic E-state index is -0.351. The number of nitrogens with one attached hydrogen (secondary N) is 1. The third kappa shape index (κ3) is 10.7. The van der Waals surface area contributed by atoms with Gasteiger partial charge < -0.3 is 20.1 Å². The predicted molar refractivity (Wildman–Crippen MR) is 121 cm³/mol. The van der Waals surface area contributed by atoms with Crippen LogP contribution in [0.4, 0.5) is 4.39 Å². The molecular weight excluding hydrogens is 460 g/mol. The van der Waals surface area contributed by atoms with Gasteiger partial charge in [0.15, 0.2) is 17.5 Å². The maximum Gasteiger partial charge on any atom is 0.193 e. The zero-order chi connectivity index (χ0) is 19.4. The number of aliphatic hydroxyl groups is 1. The van der Waals surface area contributed by atoms with Gasteiger partial charge in [0.25, 0.3) is 0 Å². The molecule has 0 aliphatic carbocycles. The lowest BCUT2D eigenvalue weighted by atomic mass is 9.94. The van der Waals surface area contributed by atoms with Crippen molar-refractivity contribution in [3.63, 3.8) is 0 Å². The first-order valence-corrected chi connectivity index (χ1v) is 9.45. The van der Waals surface area contributed by atoms with Gasteiger partial charge in [-0.25, -0.2) is 4.39 Å². The molecule has 0 aliphatic heterocycles. The molecule has 0 saturated carbocycles. The van der Waals surface area contributed by atoms with Crippen LogP contribution < -0.4 is 10.1 Å². The SMILES string of the molecule is CCNC(=NCC(CCO)CC(C)C)N(C)CCOc1ccccc1F.I. The number of guanidine groups is 1. The highest BCUT2D eigenvalue weighted by Gasteiger charge is 2.12. The van der Waals surface area contributed by atoms with Crippen LogP contribution in [0.1, 0.15) is 33.6 Å². The predicted octanol–water partition coefficient (Wildman–Crippen LogP) is 3.76. The smallest absolute Gasteiger partial charge is 0.193 e. The molecule has 1 rings (SSSR count). The molecule has 0 aromatic heterocycles. The van der Waals surface area contributed by atoms with Gasteiger partial charge >= 0.3 is 0 Å². The van der Waals surface area contributed by atoms with Gasteiger partial charge in [-0.1, -0.05) is 26.0 Å². The van der Waals surface area contributed by atoms with Crippen LogP contribution in [0.5, 0.6) is 5.75 Å². The van der Waals surface area contributed by atoms with Crippen LogP contribution in [0, 0.1) is 17.7 Å². The second kappa shape index (κ2) is 14.9. The van der Waals surface area contributed by atoms with Gasteiger partial charge in [-0.2, -0.15) is 0 Å². The second-order valence-corrected chi connectivity index (χ2v) is 6.90. The summed E-state index contributed by atoms with van der Waals surface area (Å²) in [6.07, 6.45) is 1.81. The van der Waals surface area contributed by atoms with E-state index < -0.39 is 0 Å². The Bertz CT molecular complexity index is 544. The van der Waals surface area contributed by atoms with E-state index in [2.05, 4.69) is 19.2 Å². The van der Waals surface area contributed by atoms with Crippen LogP contribution in [0.3, 0.4) is 0 Å². The average molecular weight is 495 g/mol. The Balaban J connectivity index is 0.00000676. The molecule has 1 atom stereocenters. The van der Waals surface area contributed by atoms with Crippen molar-refractivity contribution < 1.29 is 14.2 Å². The lowest BCUT2D eigenvalue weighted by Crippen LogP contribution is -2.41. The van der Waals surface area contributed by atoms with Crippen LogP contribution >= 0.6 is 24.0 Å². The fourth-order valence-electron chi connectivity index (χ4n) is 2.78. The number of halogens is 2. The summed E-state index contributed by atoms with van der Waals surface area (Å²) in [5.74, 6) is 1.67. The highest BCUT2D eigenvalue weighted by atomic mass is 127. The third-order valence-electron chi connectivity index (χ3n) is 4.06. The molecule has 0 aliphatic rings. The van der Waals surface area contributed by atoms with Crippen molar-refractivity contribution in [2.75, 3.05) is 39.9 Å². The number of ether oxygens (including phenoxy) is 1. The van der Waals surface area contributed by atoms with Crippen LogP contribution in [-0.4, -0.2) is 55.9 Å². The Kier molecular flexibility index (Phi) is 14.3. The van der Waals surface area contributed by atoms with Crippen molar-refractivity contribution in [1.29, 1.82) is 0 Å². The number of benzene rings is 1. The Labute approximate surface area is 180 Å². The summed E-state index contributed by atoms with van der Waals surface area (Å²) in [5.41, 5.74) is 0. The van der Waals surface area contributed by atoms with Crippen LogP contribution in [0.2, 0.25) is 0 Å². The van der Waals surface area contributed by atoms with E-state index in [9.17, 15) is 9.50 Å². The lowest BCUT2D eigenvalue weighted by molar-refractivity contribution is 0.245. The van der Waals surface area contributed by atoms with E-state index in [0.717, 1.165) is 25.3 Å². The number of rotatable bonds is 11. The molecule has 7 heteroatoms. The number of hydrogen-bond donors (Lipinski definition) is 2. The maximum absolute atomic E-state index is 13.6. The Morgan fingerprint density at radius 2 is 2.04 bits per heavy atom. The van der Waals surface area contributed by atoms with Gasteiger partial charge in [0, 0.05) is 26.7 Å². The van der Waals surface area contributed by atoms with Gasteiger partial charge in [0.2, 0.25) is 0 Å². The molecule has 5 nitrogen and oxygen atoms in total. The first-order valence-electron chi connectivity index (χ1n) is 9.45. The highest BCUT2D eigenvalue weighted by Crippen LogP contribution is 2.16. The third-order valence-corrected chi connectivity index (χ3v) is 4.06. The minimum absolute atomic E-state index is 0. The molecule has 1 unspecified atom stereocenters. The number of aliphatic hydroxyl groups excluding tert-OH is 1. The number of likely N-dealkylation sites (N-methyl/N-ethyl adjacent to an activating group) is 1. The normalized spacial score (nSPS) is 12.5. The number of aliphatic imine (C=N–C) groups is 1. The molecule has 2 N–H and O–H groups in total. The van der Waals surface area contributed by atoms with E-state index in [0.29, 0.717) is 31.5 Å². The van der Waals surface area contributed by atoms with Crippen molar-refractivity contribution in [1.82, 2.24) is 10.2 Å². The second-order valence-electron chi connectivity index (χ2n) is 6.90. The summed E-state index contributed by atoms with van der Waals surface area (Å²) >= 11 is 0. The van der Waals surface area contributed by atoms with Crippen LogP contribution in [0.25, 0.3) is 0 Å². The summed E-state index contributed by atoms with van der Waals surface area (Å²) in [6, 6.07) is 6.41. The monoisotopic (exact) mass is 495 g/mol. The number of hydrogen-bond acceptors (Lipinski definition) is 3. The van der Waals surface area contributed by atoms with Crippen LogP contribution in [0.15, 0.2) is 29.3 Å². The van der Waals surface area contributed by atoms with Crippen molar-refractivity contribution in [2.45, 2.75) is 33.6 Å². The summed E-state index contributed by atoms with van der Waals surface area (Å²) in [6.45, 7) is 9.00. The van der Waals surface area contributed by atoms with E-state index in [1.54, 1.807) is 18.2 Å². The molecule has 1 aromatic carbocycles. The van der Waals surface area contributed by atoms with E-state index in [4.69, 9.17) is 9.73 Å². The summed E-state index contributed by atoms with van der Waals surface area (Å²) in [4.78, 5) is 6.70. The van der Waals surface area contributed by atoms with E-state index in [1.165, 1.54) is 6.07 Å². The highest BCUT2D eigenvalue weighted by molar-refractivity contribution is 14.0. The number of para-hydroxylation sites is 1. The fourth-order valence-corrected chi connectivity index (χ4v) is 2.78. The quantitative estimate of drug-likeness (QED) is 0.279. The summed E-state index contributed by atoms with van der Waals surface area (Å²) < 4.78 is 19.1. The van der Waals surface area contributed by atoms with Crippen molar-refractivity contribution in [3.05, 3.63) is 30.1 Å². The molecule has 0 spiro atoms. The van der Waals surface area contributed by atoms with Crippen molar-refractivity contribution >= 4 is 29.9 Å². The molecule has 0 fully saturated rings. The Hall–Kier alpha value is -1.09. The van der Waals surface area contributed by atoms with Gasteiger partial charge in [-0.3, -0.25) is 4.99 Å². The van der Waals surface area contributed by atoms with Gasteiger partial charge in [-0.05, 0) is 43.7 Å². The molecule has 0 heterocycles. The Morgan fingerprint density at radius 1 is 1.33 bits per heavy atom. The topological polar surface area (TPSA) is 57.1 Å². The summed E-state index contributed by atoms with van der Waals surface area (Å²) in [5, 5.41) is 12.5. The van der Waals surface area contributed by atoms with Gasteiger partial charge in [0.1, 0.15) is 6.61 Å². The zero-order valence-electron chi connectivity index (χ0n) is 16.9. The maximum atomic E-state index is 13.6. The average Bonchev–Trinajstić information content (AvgIpc) is 2.59. The molecule has 0 amide bonds. The molecule has 27 heavy (non-hydrogen) atoms. The molecule has 156 valence electrons. The Morgan fingerprint density at radius 3 is 2.63 bits per heavy atom. The van der Waals surface area contributed by atoms with Gasteiger partial charge in [-0.15, -0.1) is 24.0 Å². The molecule has 0 bridgehead atoms. The number of nitrogens with zero attached hydrogens (tertiary/aromatic N) is 2. The minimum Gasteiger partial charge on any atom is -0.489 e. The van der Waals surface area contributed by atoms with Crippen molar-refractivity contribution in [2.24, 2.45) is 16.8 Å². The van der Waals surface area contributed by atoms with E-state index in [1.807, 2.05) is 18.9 Å². The van der Waals surface area contributed by atoms with E-state index in [-0.39, 0.29) is 42.2 Å². The molecule has 1 aromatic rings. The van der Waals surface area contributed by atoms with E-state index >= 15 is 0 Å². The van der Waals surface area contributed by atoms with Crippen molar-refractivity contribution in [3.8, 4) is 5.75 Å². The zero-order valence-corrected chi connectivity index (χ0v) is 19.3. The standard InChI is InChI=1S/C20H34FN3O2.HI/c1-5-22-20(23-15-17(10-12-25)14-16(2)3)24(4)11-13-26-19-9-7-6-8-18(19)21;/h6-9,16-17,25H,5,10-15H2,1-4H3,(H,22,23);1H. The molecule has 0 saturated heterocycles. The summed E-state index contributed by atoms with van der Waals surface area (Å²) in [7, 11) is 1.94.